The van der Waals surface area contributed by atoms with Crippen molar-refractivity contribution in [3.8, 4) is 0 Å². The second kappa shape index (κ2) is 8.35. The van der Waals surface area contributed by atoms with Crippen LogP contribution in [0.4, 0.5) is 11.4 Å². The lowest BCUT2D eigenvalue weighted by molar-refractivity contribution is 0.0781. The van der Waals surface area contributed by atoms with Crippen LogP contribution in [-0.2, 0) is 0 Å². The molecule has 4 heteroatoms. The summed E-state index contributed by atoms with van der Waals surface area (Å²) in [6.07, 6.45) is 0. The molecule has 0 bridgehead atoms. The first kappa shape index (κ1) is 18.2. The minimum absolute atomic E-state index is 0.000648. The lowest BCUT2D eigenvalue weighted by Crippen LogP contribution is -2.38. The van der Waals surface area contributed by atoms with Crippen LogP contribution < -0.4 is 5.73 Å². The molecule has 1 heterocycles. The molecule has 1 amide bonds. The van der Waals surface area contributed by atoms with Crippen molar-refractivity contribution in [1.29, 1.82) is 0 Å². The van der Waals surface area contributed by atoms with Gasteiger partial charge in [0.15, 0.2) is 0 Å². The molecule has 2 N–H and O–H groups in total. The zero-order valence-corrected chi connectivity index (χ0v) is 13.7. The van der Waals surface area contributed by atoms with Gasteiger partial charge in [0.1, 0.15) is 0 Å². The zero-order chi connectivity index (χ0) is 15.9. The van der Waals surface area contributed by atoms with Crippen molar-refractivity contribution in [2.45, 2.75) is 47.6 Å². The second-order valence-corrected chi connectivity index (χ2v) is 4.09. The Balaban J connectivity index is 0.000000829. The van der Waals surface area contributed by atoms with Crippen molar-refractivity contribution >= 4 is 23.0 Å². The fraction of sp³-hybridized carbons (Fsp3) is 0.500. The molecule has 1 unspecified atom stereocenters. The van der Waals surface area contributed by atoms with E-state index in [0.717, 1.165) is 5.71 Å². The van der Waals surface area contributed by atoms with E-state index in [4.69, 9.17) is 5.73 Å². The number of fused-ring (bicyclic) bond motifs is 1. The fourth-order valence-electron chi connectivity index (χ4n) is 1.77. The Morgan fingerprint density at radius 2 is 1.75 bits per heavy atom. The van der Waals surface area contributed by atoms with Gasteiger partial charge in [0, 0.05) is 12.8 Å². The van der Waals surface area contributed by atoms with E-state index in [-0.39, 0.29) is 11.9 Å². The maximum Gasteiger partial charge on any atom is 0.256 e. The SMILES string of the molecule is CC.CC.CC1=Nc2c(N)cccc2C(=O)N(C)C1C. The highest BCUT2D eigenvalue weighted by Crippen LogP contribution is 2.30. The van der Waals surface area contributed by atoms with Gasteiger partial charge in [-0.05, 0) is 26.0 Å². The summed E-state index contributed by atoms with van der Waals surface area (Å²) in [4.78, 5) is 18.3. The molecule has 0 aliphatic carbocycles. The number of aliphatic imine (C=N–C) groups is 1. The van der Waals surface area contributed by atoms with Gasteiger partial charge in [-0.3, -0.25) is 9.79 Å². The number of amides is 1. The lowest BCUT2D eigenvalue weighted by atomic mass is 10.1. The van der Waals surface area contributed by atoms with Crippen molar-refractivity contribution < 1.29 is 4.79 Å². The molecule has 0 fully saturated rings. The standard InChI is InChI=1S/C12H15N3O.2C2H6/c1-7-8(2)15(3)12(16)9-5-4-6-10(13)11(9)14-7;2*1-2/h4-6,8H,13H2,1-3H3;2*1-2H3. The van der Waals surface area contributed by atoms with E-state index in [9.17, 15) is 4.79 Å². The molecule has 0 aromatic heterocycles. The van der Waals surface area contributed by atoms with Crippen molar-refractivity contribution in [3.05, 3.63) is 23.8 Å². The third-order valence-corrected chi connectivity index (χ3v) is 3.09. The third kappa shape index (κ3) is 3.59. The van der Waals surface area contributed by atoms with Crippen molar-refractivity contribution in [1.82, 2.24) is 4.90 Å². The van der Waals surface area contributed by atoms with Crippen LogP contribution in [0.25, 0.3) is 0 Å². The summed E-state index contributed by atoms with van der Waals surface area (Å²) in [6, 6.07) is 5.30. The first-order chi connectivity index (χ1) is 9.52. The molecule has 1 aromatic carbocycles. The molecule has 0 saturated heterocycles. The summed E-state index contributed by atoms with van der Waals surface area (Å²) >= 11 is 0. The van der Waals surface area contributed by atoms with E-state index >= 15 is 0 Å². The van der Waals surface area contributed by atoms with Gasteiger partial charge in [-0.15, -0.1) is 0 Å². The lowest BCUT2D eigenvalue weighted by Gasteiger charge is -2.22. The van der Waals surface area contributed by atoms with Crippen molar-refractivity contribution in [2.24, 2.45) is 4.99 Å². The summed E-state index contributed by atoms with van der Waals surface area (Å²) in [5, 5.41) is 0. The maximum absolute atomic E-state index is 12.1. The molecule has 1 aliphatic rings. The van der Waals surface area contributed by atoms with Gasteiger partial charge in [-0.2, -0.15) is 0 Å². The molecule has 1 aliphatic heterocycles. The number of para-hydroxylation sites is 1. The van der Waals surface area contributed by atoms with Crippen LogP contribution in [0, 0.1) is 0 Å². The monoisotopic (exact) mass is 277 g/mol. The minimum Gasteiger partial charge on any atom is -0.397 e. The summed E-state index contributed by atoms with van der Waals surface area (Å²) < 4.78 is 0. The molecule has 2 rings (SSSR count). The second-order valence-electron chi connectivity index (χ2n) is 4.09. The molecule has 4 nitrogen and oxygen atoms in total. The van der Waals surface area contributed by atoms with E-state index < -0.39 is 0 Å². The number of nitrogens with two attached hydrogens (primary N) is 1. The number of hydrogen-bond donors (Lipinski definition) is 1. The van der Waals surface area contributed by atoms with Gasteiger partial charge in [0.05, 0.1) is 23.0 Å². The highest BCUT2D eigenvalue weighted by Gasteiger charge is 2.26. The number of nitrogens with zero attached hydrogens (tertiary/aromatic N) is 2. The van der Waals surface area contributed by atoms with E-state index in [0.29, 0.717) is 16.9 Å². The predicted octanol–water partition coefficient (Wildman–Crippen LogP) is 3.89. The Kier molecular flexibility index (Phi) is 7.59. The van der Waals surface area contributed by atoms with Gasteiger partial charge < -0.3 is 10.6 Å². The summed E-state index contributed by atoms with van der Waals surface area (Å²) in [5.41, 5.74) is 8.47. The van der Waals surface area contributed by atoms with Gasteiger partial charge in [0.2, 0.25) is 0 Å². The Bertz CT molecular complexity index is 481. The van der Waals surface area contributed by atoms with Gasteiger partial charge in [0.25, 0.3) is 5.91 Å². The number of hydrogen-bond acceptors (Lipinski definition) is 3. The van der Waals surface area contributed by atoms with Crippen LogP contribution in [0.15, 0.2) is 23.2 Å². The topological polar surface area (TPSA) is 58.7 Å². The van der Waals surface area contributed by atoms with Crippen LogP contribution in [0.5, 0.6) is 0 Å². The zero-order valence-electron chi connectivity index (χ0n) is 13.7. The molecule has 1 atom stereocenters. The minimum atomic E-state index is -0.0320. The Hall–Kier alpha value is -1.84. The largest absolute Gasteiger partial charge is 0.397 e. The first-order valence-corrected chi connectivity index (χ1v) is 7.23. The number of nitrogen functional groups attached to an aromatic ring is 1. The smallest absolute Gasteiger partial charge is 0.256 e. The van der Waals surface area contributed by atoms with E-state index in [1.54, 1.807) is 30.1 Å². The van der Waals surface area contributed by atoms with Crippen molar-refractivity contribution in [2.75, 3.05) is 12.8 Å². The molecule has 112 valence electrons. The Labute approximate surface area is 122 Å². The van der Waals surface area contributed by atoms with Crippen LogP contribution in [-0.4, -0.2) is 29.6 Å². The van der Waals surface area contributed by atoms with Crippen LogP contribution in [0.2, 0.25) is 0 Å². The average Bonchev–Trinajstić information content (AvgIpc) is 2.57. The predicted molar refractivity (Wildman–Crippen MR) is 87.9 cm³/mol. The van der Waals surface area contributed by atoms with E-state index in [1.807, 2.05) is 41.5 Å². The van der Waals surface area contributed by atoms with Crippen LogP contribution in [0.1, 0.15) is 51.9 Å². The van der Waals surface area contributed by atoms with Crippen molar-refractivity contribution in [3.63, 3.8) is 0 Å². The normalized spacial score (nSPS) is 16.8. The molecule has 1 aromatic rings. The molecule has 0 radical (unpaired) electrons. The van der Waals surface area contributed by atoms with Gasteiger partial charge >= 0.3 is 0 Å². The average molecular weight is 277 g/mol. The third-order valence-electron chi connectivity index (χ3n) is 3.09. The molecular formula is C16H27N3O. The highest BCUT2D eigenvalue weighted by molar-refractivity contribution is 6.07. The highest BCUT2D eigenvalue weighted by atomic mass is 16.2. The quantitative estimate of drug-likeness (QED) is 0.731. The van der Waals surface area contributed by atoms with Crippen LogP contribution in [0.3, 0.4) is 0 Å². The number of anilines is 1. The number of benzene rings is 1. The number of carbonyl (C=O) groups is 1. The first-order valence-electron chi connectivity index (χ1n) is 7.23. The molecule has 0 saturated carbocycles. The fourth-order valence-corrected chi connectivity index (χ4v) is 1.77. The summed E-state index contributed by atoms with van der Waals surface area (Å²) in [7, 11) is 1.78. The number of rotatable bonds is 0. The summed E-state index contributed by atoms with van der Waals surface area (Å²) in [5.74, 6) is -0.0320. The van der Waals surface area contributed by atoms with Gasteiger partial charge in [-0.25, -0.2) is 0 Å². The Morgan fingerprint density at radius 3 is 2.30 bits per heavy atom. The number of carbonyl (C=O) groups excluding carboxylic acids is 1. The van der Waals surface area contributed by atoms with E-state index in [1.165, 1.54) is 0 Å². The van der Waals surface area contributed by atoms with E-state index in [2.05, 4.69) is 4.99 Å². The van der Waals surface area contributed by atoms with Crippen LogP contribution >= 0.6 is 0 Å². The Morgan fingerprint density at radius 1 is 1.20 bits per heavy atom. The molecular weight excluding hydrogens is 250 g/mol. The summed E-state index contributed by atoms with van der Waals surface area (Å²) in [6.45, 7) is 11.9. The molecule has 20 heavy (non-hydrogen) atoms. The van der Waals surface area contributed by atoms with Gasteiger partial charge in [-0.1, -0.05) is 33.8 Å². The maximum atomic E-state index is 12.1. The molecule has 0 spiro atoms.